The number of pyridine rings is 1. The number of rotatable bonds is 1. The number of nitrogens with zero attached hydrogens (tertiary/aromatic N) is 3. The molecule has 2 aromatic heterocycles. The van der Waals surface area contributed by atoms with Crippen molar-refractivity contribution in [3.05, 3.63) is 48.2 Å². The first kappa shape index (κ1) is 8.45. The number of hydrogen-bond donors (Lipinski definition) is 0. The number of nitriles is 1. The van der Waals surface area contributed by atoms with Gasteiger partial charge in [0.1, 0.15) is 11.8 Å². The molecule has 0 unspecified atom stereocenters. The molecule has 0 fully saturated rings. The Labute approximate surface area is 80.1 Å². The molecule has 0 spiro atoms. The summed E-state index contributed by atoms with van der Waals surface area (Å²) >= 11 is 0. The van der Waals surface area contributed by atoms with Crippen molar-refractivity contribution in [1.82, 2.24) is 9.55 Å². The fourth-order valence-corrected chi connectivity index (χ4v) is 1.21. The van der Waals surface area contributed by atoms with Gasteiger partial charge < -0.3 is 0 Å². The largest absolute Gasteiger partial charge is 0.290 e. The van der Waals surface area contributed by atoms with E-state index in [-0.39, 0.29) is 5.82 Å². The van der Waals surface area contributed by atoms with Crippen LogP contribution < -0.4 is 0 Å². The van der Waals surface area contributed by atoms with E-state index in [0.29, 0.717) is 5.69 Å². The highest BCUT2D eigenvalue weighted by Crippen LogP contribution is 2.12. The van der Waals surface area contributed by atoms with Crippen molar-refractivity contribution in [1.29, 1.82) is 5.26 Å². The van der Waals surface area contributed by atoms with Gasteiger partial charge in [-0.15, -0.1) is 0 Å². The van der Waals surface area contributed by atoms with Crippen molar-refractivity contribution in [2.24, 2.45) is 0 Å². The SMILES string of the molecule is N#Cc1cccn1-c1ncccc1F. The average molecular weight is 187 g/mol. The van der Waals surface area contributed by atoms with Gasteiger partial charge in [-0.1, -0.05) is 0 Å². The van der Waals surface area contributed by atoms with Crippen LogP contribution in [-0.2, 0) is 0 Å². The number of aromatic nitrogens is 2. The Morgan fingerprint density at radius 3 is 2.93 bits per heavy atom. The molecular weight excluding hydrogens is 181 g/mol. The maximum atomic E-state index is 13.3. The van der Waals surface area contributed by atoms with Crippen LogP contribution in [0.4, 0.5) is 4.39 Å². The van der Waals surface area contributed by atoms with Crippen LogP contribution >= 0.6 is 0 Å². The smallest absolute Gasteiger partial charge is 0.174 e. The molecule has 4 heteroatoms. The van der Waals surface area contributed by atoms with Crippen LogP contribution in [0.1, 0.15) is 5.69 Å². The van der Waals surface area contributed by atoms with Gasteiger partial charge in [0.05, 0.1) is 0 Å². The Balaban J connectivity index is 2.62. The fraction of sp³-hybridized carbons (Fsp3) is 0. The molecule has 2 heterocycles. The summed E-state index contributed by atoms with van der Waals surface area (Å²) in [5, 5.41) is 8.74. The van der Waals surface area contributed by atoms with Crippen LogP contribution in [-0.4, -0.2) is 9.55 Å². The van der Waals surface area contributed by atoms with Crippen LogP contribution in [0.3, 0.4) is 0 Å². The average Bonchev–Trinajstić information content (AvgIpc) is 2.66. The maximum absolute atomic E-state index is 13.3. The molecule has 0 N–H and O–H groups in total. The summed E-state index contributed by atoms with van der Waals surface area (Å²) in [4.78, 5) is 3.87. The van der Waals surface area contributed by atoms with E-state index in [4.69, 9.17) is 5.26 Å². The Kier molecular flexibility index (Phi) is 1.99. The van der Waals surface area contributed by atoms with Gasteiger partial charge in [-0.25, -0.2) is 9.37 Å². The lowest BCUT2D eigenvalue weighted by Gasteiger charge is -2.03. The molecule has 0 aromatic carbocycles. The minimum Gasteiger partial charge on any atom is -0.290 e. The van der Waals surface area contributed by atoms with Gasteiger partial charge in [0.15, 0.2) is 11.6 Å². The predicted octanol–water partition coefficient (Wildman–Crippen LogP) is 1.88. The first-order valence-electron chi connectivity index (χ1n) is 4.01. The molecule has 0 aliphatic heterocycles. The molecule has 0 atom stereocenters. The second kappa shape index (κ2) is 3.30. The van der Waals surface area contributed by atoms with Gasteiger partial charge in [0.2, 0.25) is 0 Å². The molecule has 2 aromatic rings. The van der Waals surface area contributed by atoms with Crippen molar-refractivity contribution in [3.8, 4) is 11.9 Å². The van der Waals surface area contributed by atoms with E-state index in [9.17, 15) is 4.39 Å². The summed E-state index contributed by atoms with van der Waals surface area (Å²) in [6.45, 7) is 0. The molecule has 0 radical (unpaired) electrons. The molecule has 0 aliphatic carbocycles. The lowest BCUT2D eigenvalue weighted by atomic mass is 10.4. The fourth-order valence-electron chi connectivity index (χ4n) is 1.21. The summed E-state index contributed by atoms with van der Waals surface area (Å²) in [7, 11) is 0. The summed E-state index contributed by atoms with van der Waals surface area (Å²) < 4.78 is 14.7. The van der Waals surface area contributed by atoms with Gasteiger partial charge in [-0.2, -0.15) is 5.26 Å². The van der Waals surface area contributed by atoms with Crippen molar-refractivity contribution >= 4 is 0 Å². The molecule has 0 amide bonds. The van der Waals surface area contributed by atoms with Crippen LogP contribution in [0.25, 0.3) is 5.82 Å². The topological polar surface area (TPSA) is 41.6 Å². The third-order valence-electron chi connectivity index (χ3n) is 1.83. The van der Waals surface area contributed by atoms with Gasteiger partial charge >= 0.3 is 0 Å². The Bertz CT molecular complexity index is 496. The lowest BCUT2D eigenvalue weighted by molar-refractivity contribution is 0.609. The van der Waals surface area contributed by atoms with Gasteiger partial charge in [-0.05, 0) is 24.3 Å². The maximum Gasteiger partial charge on any atom is 0.174 e. The van der Waals surface area contributed by atoms with Crippen molar-refractivity contribution in [2.75, 3.05) is 0 Å². The van der Waals surface area contributed by atoms with E-state index in [1.54, 1.807) is 18.3 Å². The van der Waals surface area contributed by atoms with Crippen molar-refractivity contribution < 1.29 is 4.39 Å². The molecule has 3 nitrogen and oxygen atoms in total. The Morgan fingerprint density at radius 2 is 2.21 bits per heavy atom. The lowest BCUT2D eigenvalue weighted by Crippen LogP contribution is -2.01. The predicted molar refractivity (Wildman–Crippen MR) is 48.2 cm³/mol. The highest BCUT2D eigenvalue weighted by atomic mass is 19.1. The van der Waals surface area contributed by atoms with Crippen LogP contribution in [0, 0.1) is 17.1 Å². The molecule has 0 saturated carbocycles. The van der Waals surface area contributed by atoms with E-state index in [0.717, 1.165) is 0 Å². The Morgan fingerprint density at radius 1 is 1.36 bits per heavy atom. The second-order valence-electron chi connectivity index (χ2n) is 2.68. The molecule has 68 valence electrons. The quantitative estimate of drug-likeness (QED) is 0.684. The minimum atomic E-state index is -0.444. The van der Waals surface area contributed by atoms with Crippen molar-refractivity contribution in [3.63, 3.8) is 0 Å². The monoisotopic (exact) mass is 187 g/mol. The normalized spacial score (nSPS) is 9.71. The second-order valence-corrected chi connectivity index (χ2v) is 2.68. The first-order chi connectivity index (χ1) is 6.83. The van der Waals surface area contributed by atoms with Gasteiger partial charge in [0.25, 0.3) is 0 Å². The third kappa shape index (κ3) is 1.25. The zero-order valence-electron chi connectivity index (χ0n) is 7.18. The van der Waals surface area contributed by atoms with E-state index in [2.05, 4.69) is 4.98 Å². The molecule has 2 rings (SSSR count). The number of halogens is 1. The zero-order chi connectivity index (χ0) is 9.97. The standard InChI is InChI=1S/C10H6FN3/c11-9-4-1-5-13-10(9)14-6-2-3-8(14)7-12/h1-6H. The first-order valence-corrected chi connectivity index (χ1v) is 4.01. The molecule has 0 saturated heterocycles. The molecule has 0 bridgehead atoms. The van der Waals surface area contributed by atoms with Gasteiger partial charge in [0, 0.05) is 12.4 Å². The van der Waals surface area contributed by atoms with E-state index >= 15 is 0 Å². The van der Waals surface area contributed by atoms with Crippen molar-refractivity contribution in [2.45, 2.75) is 0 Å². The van der Waals surface area contributed by atoms with Gasteiger partial charge in [-0.3, -0.25) is 4.57 Å². The molecule has 14 heavy (non-hydrogen) atoms. The van der Waals surface area contributed by atoms with Crippen LogP contribution in [0.5, 0.6) is 0 Å². The highest BCUT2D eigenvalue weighted by molar-refractivity contribution is 5.34. The zero-order valence-corrected chi connectivity index (χ0v) is 7.18. The minimum absolute atomic E-state index is 0.147. The summed E-state index contributed by atoms with van der Waals surface area (Å²) in [5.41, 5.74) is 0.364. The highest BCUT2D eigenvalue weighted by Gasteiger charge is 2.07. The summed E-state index contributed by atoms with van der Waals surface area (Å²) in [6, 6.07) is 8.05. The van der Waals surface area contributed by atoms with E-state index in [1.165, 1.54) is 22.9 Å². The van der Waals surface area contributed by atoms with Crippen LogP contribution in [0.15, 0.2) is 36.7 Å². The van der Waals surface area contributed by atoms with E-state index < -0.39 is 5.82 Å². The molecule has 0 aliphatic rings. The summed E-state index contributed by atoms with van der Waals surface area (Å²) in [5.74, 6) is -0.297. The molecular formula is C10H6FN3. The van der Waals surface area contributed by atoms with E-state index in [1.807, 2.05) is 6.07 Å². The number of hydrogen-bond acceptors (Lipinski definition) is 2. The third-order valence-corrected chi connectivity index (χ3v) is 1.83. The van der Waals surface area contributed by atoms with Crippen LogP contribution in [0.2, 0.25) is 0 Å². The Hall–Kier alpha value is -2.15. The summed E-state index contributed by atoms with van der Waals surface area (Å²) in [6.07, 6.45) is 3.09.